The summed E-state index contributed by atoms with van der Waals surface area (Å²) in [6.07, 6.45) is -0.0549. The Kier molecular flexibility index (Phi) is 3.70. The summed E-state index contributed by atoms with van der Waals surface area (Å²) in [5.74, 6) is 0. The minimum Gasteiger partial charge on any atom is -0.358 e. The molecule has 4 nitrogen and oxygen atoms in total. The second-order valence-corrected chi connectivity index (χ2v) is 10.9. The number of anilines is 1. The van der Waals surface area contributed by atoms with Gasteiger partial charge in [0.15, 0.2) is 0 Å². The van der Waals surface area contributed by atoms with Gasteiger partial charge in [-0.25, -0.2) is 4.99 Å². The average Bonchev–Trinajstić information content (AvgIpc) is 3.64. The quantitative estimate of drug-likeness (QED) is 0.235. The molecule has 0 saturated heterocycles. The molecule has 1 unspecified atom stereocenters. The topological polar surface area (TPSA) is 34.2 Å². The van der Waals surface area contributed by atoms with Gasteiger partial charge in [-0.2, -0.15) is 0 Å². The van der Waals surface area contributed by atoms with Gasteiger partial charge in [0, 0.05) is 32.8 Å². The van der Waals surface area contributed by atoms with Crippen LogP contribution >= 0.6 is 0 Å². The SMILES string of the molecule is c1ccc2c(c1)N=C1c3cccc4c5ccc6c(c7ccccc7n6-c6ccc7ccccc7c6)c5n(c34)C1N2. The number of para-hydroxylation sites is 4. The Morgan fingerprint density at radius 3 is 2.38 bits per heavy atom. The van der Waals surface area contributed by atoms with Crippen molar-refractivity contribution in [2.24, 2.45) is 4.99 Å². The number of aliphatic imine (C=N–C) groups is 1. The lowest BCUT2D eigenvalue weighted by atomic mass is 10.0. The van der Waals surface area contributed by atoms with Crippen molar-refractivity contribution in [3.8, 4) is 5.69 Å². The lowest BCUT2D eigenvalue weighted by Gasteiger charge is -2.25. The normalized spacial score (nSPS) is 15.6. The Bertz CT molecular complexity index is 2420. The number of aromatic nitrogens is 2. The van der Waals surface area contributed by atoms with Crippen molar-refractivity contribution in [1.29, 1.82) is 0 Å². The molecule has 40 heavy (non-hydrogen) atoms. The van der Waals surface area contributed by atoms with Crippen LogP contribution in [0, 0.1) is 0 Å². The molecule has 0 radical (unpaired) electrons. The molecule has 1 atom stereocenters. The van der Waals surface area contributed by atoms with Crippen LogP contribution in [0.2, 0.25) is 0 Å². The first-order chi connectivity index (χ1) is 19.8. The third kappa shape index (κ3) is 2.45. The molecule has 2 aliphatic heterocycles. The fourth-order valence-corrected chi connectivity index (χ4v) is 7.19. The van der Waals surface area contributed by atoms with Gasteiger partial charge in [0.1, 0.15) is 6.17 Å². The summed E-state index contributed by atoms with van der Waals surface area (Å²) in [5.41, 5.74) is 10.5. The molecule has 0 fully saturated rings. The summed E-state index contributed by atoms with van der Waals surface area (Å²) in [6.45, 7) is 0. The Morgan fingerprint density at radius 2 is 1.40 bits per heavy atom. The van der Waals surface area contributed by atoms with Crippen molar-refractivity contribution in [3.05, 3.63) is 127 Å². The monoisotopic (exact) mass is 510 g/mol. The molecule has 4 heteroatoms. The molecule has 8 aromatic rings. The molecule has 186 valence electrons. The first kappa shape index (κ1) is 20.6. The van der Waals surface area contributed by atoms with Crippen LogP contribution in [-0.2, 0) is 0 Å². The highest BCUT2D eigenvalue weighted by atomic mass is 15.2. The predicted octanol–water partition coefficient (Wildman–Crippen LogP) is 9.10. The molecular weight excluding hydrogens is 488 g/mol. The van der Waals surface area contributed by atoms with E-state index in [1.54, 1.807) is 0 Å². The molecule has 4 heterocycles. The molecule has 0 amide bonds. The Morgan fingerprint density at radius 1 is 0.600 bits per heavy atom. The first-order valence-electron chi connectivity index (χ1n) is 13.8. The van der Waals surface area contributed by atoms with Crippen LogP contribution in [-0.4, -0.2) is 14.8 Å². The van der Waals surface area contributed by atoms with Crippen LogP contribution in [0.1, 0.15) is 11.7 Å². The molecule has 0 bridgehead atoms. The number of hydrogen-bond acceptors (Lipinski definition) is 2. The summed E-state index contributed by atoms with van der Waals surface area (Å²) in [4.78, 5) is 5.18. The van der Waals surface area contributed by atoms with Gasteiger partial charge in [-0.1, -0.05) is 84.9 Å². The van der Waals surface area contributed by atoms with Gasteiger partial charge < -0.3 is 14.5 Å². The minimum absolute atomic E-state index is 0.0549. The van der Waals surface area contributed by atoms with E-state index in [-0.39, 0.29) is 6.17 Å². The van der Waals surface area contributed by atoms with Gasteiger partial charge in [-0.15, -0.1) is 0 Å². The van der Waals surface area contributed by atoms with Crippen LogP contribution in [0.15, 0.2) is 126 Å². The van der Waals surface area contributed by atoms with Gasteiger partial charge in [0.05, 0.1) is 39.2 Å². The number of nitrogens with one attached hydrogen (secondary N) is 1. The minimum atomic E-state index is -0.0549. The van der Waals surface area contributed by atoms with Crippen LogP contribution < -0.4 is 5.32 Å². The van der Waals surface area contributed by atoms with E-state index in [9.17, 15) is 0 Å². The fraction of sp³-hybridized carbons (Fsp3) is 0.0278. The highest BCUT2D eigenvalue weighted by Gasteiger charge is 2.36. The molecule has 1 N–H and O–H groups in total. The van der Waals surface area contributed by atoms with Crippen molar-refractivity contribution >= 4 is 71.5 Å². The molecule has 0 saturated carbocycles. The fourth-order valence-electron chi connectivity index (χ4n) is 7.19. The van der Waals surface area contributed by atoms with E-state index in [0.29, 0.717) is 0 Å². The lowest BCUT2D eigenvalue weighted by Crippen LogP contribution is -2.25. The molecule has 2 aliphatic rings. The number of nitrogens with zero attached hydrogens (tertiary/aromatic N) is 3. The van der Waals surface area contributed by atoms with E-state index >= 15 is 0 Å². The van der Waals surface area contributed by atoms with Gasteiger partial charge >= 0.3 is 0 Å². The molecule has 10 rings (SSSR count). The molecule has 2 aromatic heterocycles. The lowest BCUT2D eigenvalue weighted by molar-refractivity contribution is 0.781. The second kappa shape index (κ2) is 7.19. The molecule has 6 aromatic carbocycles. The van der Waals surface area contributed by atoms with Crippen molar-refractivity contribution in [2.45, 2.75) is 6.17 Å². The summed E-state index contributed by atoms with van der Waals surface area (Å²) in [6, 6.07) is 43.8. The Labute approximate surface area is 229 Å². The van der Waals surface area contributed by atoms with Gasteiger partial charge in [-0.05, 0) is 47.2 Å². The van der Waals surface area contributed by atoms with Crippen LogP contribution in [0.25, 0.3) is 60.1 Å². The van der Waals surface area contributed by atoms with Crippen molar-refractivity contribution < 1.29 is 0 Å². The maximum Gasteiger partial charge on any atom is 0.148 e. The highest BCUT2D eigenvalue weighted by Crippen LogP contribution is 2.48. The highest BCUT2D eigenvalue weighted by molar-refractivity contribution is 6.30. The van der Waals surface area contributed by atoms with E-state index in [1.807, 2.05) is 0 Å². The van der Waals surface area contributed by atoms with E-state index in [2.05, 4.69) is 136 Å². The van der Waals surface area contributed by atoms with Gasteiger partial charge in [-0.3, -0.25) is 0 Å². The van der Waals surface area contributed by atoms with Crippen molar-refractivity contribution in [2.75, 3.05) is 5.32 Å². The van der Waals surface area contributed by atoms with E-state index in [4.69, 9.17) is 4.99 Å². The molecule has 0 aliphatic carbocycles. The maximum atomic E-state index is 5.18. The van der Waals surface area contributed by atoms with E-state index in [0.717, 1.165) is 17.1 Å². The van der Waals surface area contributed by atoms with E-state index < -0.39 is 0 Å². The summed E-state index contributed by atoms with van der Waals surface area (Å²) < 4.78 is 4.93. The second-order valence-electron chi connectivity index (χ2n) is 10.9. The summed E-state index contributed by atoms with van der Waals surface area (Å²) in [7, 11) is 0. The zero-order valence-corrected chi connectivity index (χ0v) is 21.5. The van der Waals surface area contributed by atoms with Crippen LogP contribution in [0.4, 0.5) is 11.4 Å². The first-order valence-corrected chi connectivity index (χ1v) is 13.8. The number of rotatable bonds is 1. The molecular formula is C36H22N4. The third-order valence-corrected chi connectivity index (χ3v) is 8.84. The standard InChI is InChI=1S/C36H22N4/c1-2-9-22-20-23(17-16-21(22)8-1)39-30-15-6-3-10-26(30)32-31(39)19-18-25-24-11-7-12-27-33-36(40(34(24)27)35(25)32)38-29-14-5-4-13-28(29)37-33/h1-20,36,38H. The Balaban J connectivity index is 1.36. The van der Waals surface area contributed by atoms with Crippen molar-refractivity contribution in [1.82, 2.24) is 9.13 Å². The van der Waals surface area contributed by atoms with E-state index in [1.165, 1.54) is 65.6 Å². The van der Waals surface area contributed by atoms with Crippen molar-refractivity contribution in [3.63, 3.8) is 0 Å². The third-order valence-electron chi connectivity index (χ3n) is 8.84. The number of fused-ring (bicyclic) bond motifs is 12. The maximum absolute atomic E-state index is 5.18. The van der Waals surface area contributed by atoms with Gasteiger partial charge in [0.25, 0.3) is 0 Å². The zero-order chi connectivity index (χ0) is 25.9. The predicted molar refractivity (Wildman–Crippen MR) is 167 cm³/mol. The largest absolute Gasteiger partial charge is 0.358 e. The summed E-state index contributed by atoms with van der Waals surface area (Å²) >= 11 is 0. The van der Waals surface area contributed by atoms with Crippen LogP contribution in [0.5, 0.6) is 0 Å². The summed E-state index contributed by atoms with van der Waals surface area (Å²) in [5, 5.41) is 11.4. The van der Waals surface area contributed by atoms with Gasteiger partial charge in [0.2, 0.25) is 0 Å². The molecule has 0 spiro atoms. The smallest absolute Gasteiger partial charge is 0.148 e. The number of benzene rings is 6. The Hall–Kier alpha value is -5.35. The van der Waals surface area contributed by atoms with Crippen LogP contribution in [0.3, 0.4) is 0 Å². The average molecular weight is 511 g/mol. The zero-order valence-electron chi connectivity index (χ0n) is 21.5. The number of hydrogen-bond donors (Lipinski definition) is 1.